The second kappa shape index (κ2) is 3.04. The molecule has 1 rings (SSSR count). The minimum atomic E-state index is -0.0232. The molecule has 2 atom stereocenters. The number of hydrogen-bond acceptors (Lipinski definition) is 2. The van der Waals surface area contributed by atoms with Crippen LogP contribution in [0.3, 0.4) is 0 Å². The molecule has 0 amide bonds. The molecule has 0 aliphatic carbocycles. The van der Waals surface area contributed by atoms with E-state index < -0.39 is 0 Å². The fourth-order valence-electron chi connectivity index (χ4n) is 1.36. The lowest BCUT2D eigenvalue weighted by Gasteiger charge is -2.27. The van der Waals surface area contributed by atoms with Crippen molar-refractivity contribution in [2.75, 3.05) is 0 Å². The maximum absolute atomic E-state index is 10.8. The Hall–Kier alpha value is -0.530. The van der Waals surface area contributed by atoms with Gasteiger partial charge < -0.3 is 4.74 Å². The predicted molar refractivity (Wildman–Crippen MR) is 38.6 cm³/mol. The summed E-state index contributed by atoms with van der Waals surface area (Å²) in [6, 6.07) is 0. The number of carbonyl (C=O) groups is 1. The molecule has 1 fully saturated rings. The van der Waals surface area contributed by atoms with E-state index in [0.29, 0.717) is 12.3 Å². The molecule has 0 aromatic rings. The number of esters is 1. The zero-order chi connectivity index (χ0) is 7.56. The largest absolute Gasteiger partial charge is 0.462 e. The highest BCUT2D eigenvalue weighted by Crippen LogP contribution is 2.22. The summed E-state index contributed by atoms with van der Waals surface area (Å²) in [5.74, 6) is 0.535. The summed E-state index contributed by atoms with van der Waals surface area (Å²) in [6.45, 7) is 4.19. The number of rotatable bonds is 1. The summed E-state index contributed by atoms with van der Waals surface area (Å²) in [6.07, 6.45) is 2.74. The van der Waals surface area contributed by atoms with Crippen molar-refractivity contribution in [3.63, 3.8) is 0 Å². The predicted octanol–water partition coefficient (Wildman–Crippen LogP) is 1.74. The summed E-state index contributed by atoms with van der Waals surface area (Å²) in [5.41, 5.74) is 0. The van der Waals surface area contributed by atoms with Crippen LogP contribution in [0.1, 0.15) is 33.1 Å². The summed E-state index contributed by atoms with van der Waals surface area (Å²) in [4.78, 5) is 10.8. The molecule has 10 heavy (non-hydrogen) atoms. The molecule has 1 aliphatic heterocycles. The van der Waals surface area contributed by atoms with Gasteiger partial charge in [0.1, 0.15) is 6.10 Å². The number of hydrogen-bond donors (Lipinski definition) is 0. The summed E-state index contributed by atoms with van der Waals surface area (Å²) >= 11 is 0. The van der Waals surface area contributed by atoms with Gasteiger partial charge >= 0.3 is 5.97 Å². The molecule has 0 spiro atoms. The number of carbonyl (C=O) groups excluding carboxylic acids is 1. The quantitative estimate of drug-likeness (QED) is 0.521. The Balaban J connectivity index is 2.45. The monoisotopic (exact) mass is 142 g/mol. The molecule has 0 N–H and O–H groups in total. The average molecular weight is 142 g/mol. The van der Waals surface area contributed by atoms with Crippen molar-refractivity contribution in [2.24, 2.45) is 5.92 Å². The van der Waals surface area contributed by atoms with Gasteiger partial charge in [-0.2, -0.15) is 0 Å². The third-order valence-electron chi connectivity index (χ3n) is 2.12. The Labute approximate surface area is 61.6 Å². The summed E-state index contributed by atoms with van der Waals surface area (Å²) in [5, 5.41) is 0. The van der Waals surface area contributed by atoms with Crippen molar-refractivity contribution in [3.8, 4) is 0 Å². The lowest BCUT2D eigenvalue weighted by Crippen LogP contribution is -2.30. The SMILES string of the molecule is CC[C@H]1OC(=O)CC[C@@H]1C. The third-order valence-corrected chi connectivity index (χ3v) is 2.12. The highest BCUT2D eigenvalue weighted by molar-refractivity contribution is 5.70. The first-order valence-electron chi connectivity index (χ1n) is 3.93. The first-order valence-corrected chi connectivity index (χ1v) is 3.93. The van der Waals surface area contributed by atoms with Gasteiger partial charge in [-0.3, -0.25) is 4.79 Å². The number of cyclic esters (lactones) is 1. The summed E-state index contributed by atoms with van der Waals surface area (Å²) < 4.78 is 5.11. The van der Waals surface area contributed by atoms with Crippen molar-refractivity contribution >= 4 is 5.97 Å². The molecule has 0 unspecified atom stereocenters. The fourth-order valence-corrected chi connectivity index (χ4v) is 1.36. The van der Waals surface area contributed by atoms with Gasteiger partial charge in [0, 0.05) is 6.42 Å². The van der Waals surface area contributed by atoms with Crippen molar-refractivity contribution < 1.29 is 9.53 Å². The van der Waals surface area contributed by atoms with E-state index in [9.17, 15) is 4.79 Å². The van der Waals surface area contributed by atoms with E-state index in [0.717, 1.165) is 12.8 Å². The van der Waals surface area contributed by atoms with Crippen molar-refractivity contribution in [1.82, 2.24) is 0 Å². The molecule has 0 aromatic carbocycles. The van der Waals surface area contributed by atoms with Gasteiger partial charge in [-0.15, -0.1) is 0 Å². The van der Waals surface area contributed by atoms with Crippen LogP contribution in [0.2, 0.25) is 0 Å². The molecule has 0 saturated carbocycles. The first-order chi connectivity index (χ1) is 4.74. The maximum Gasteiger partial charge on any atom is 0.306 e. The van der Waals surface area contributed by atoms with Crippen LogP contribution in [0, 0.1) is 5.92 Å². The zero-order valence-electron chi connectivity index (χ0n) is 6.59. The Bertz CT molecular complexity index is 131. The van der Waals surface area contributed by atoms with Crippen molar-refractivity contribution in [1.29, 1.82) is 0 Å². The van der Waals surface area contributed by atoms with Crippen LogP contribution in [0.25, 0.3) is 0 Å². The molecule has 1 heterocycles. The fraction of sp³-hybridized carbons (Fsp3) is 0.875. The molecule has 0 bridgehead atoms. The van der Waals surface area contributed by atoms with Crippen LogP contribution in [0.15, 0.2) is 0 Å². The minimum Gasteiger partial charge on any atom is -0.462 e. The van der Waals surface area contributed by atoms with Crippen molar-refractivity contribution in [2.45, 2.75) is 39.2 Å². The molecule has 1 aliphatic rings. The second-order valence-corrected chi connectivity index (χ2v) is 2.95. The van der Waals surface area contributed by atoms with Gasteiger partial charge in [-0.05, 0) is 18.8 Å². The van der Waals surface area contributed by atoms with E-state index in [1.165, 1.54) is 0 Å². The average Bonchev–Trinajstić information content (AvgIpc) is 1.94. The zero-order valence-corrected chi connectivity index (χ0v) is 6.59. The lowest BCUT2D eigenvalue weighted by atomic mass is 9.95. The lowest BCUT2D eigenvalue weighted by molar-refractivity contribution is -0.157. The van der Waals surface area contributed by atoms with Crippen LogP contribution in [0.5, 0.6) is 0 Å². The number of ether oxygens (including phenoxy) is 1. The highest BCUT2D eigenvalue weighted by Gasteiger charge is 2.25. The Morgan fingerprint density at radius 3 is 2.90 bits per heavy atom. The van der Waals surface area contributed by atoms with Gasteiger partial charge in [-0.1, -0.05) is 13.8 Å². The third kappa shape index (κ3) is 1.49. The molecule has 2 heteroatoms. The van der Waals surface area contributed by atoms with Gasteiger partial charge in [0.25, 0.3) is 0 Å². The van der Waals surface area contributed by atoms with Crippen LogP contribution in [-0.2, 0) is 9.53 Å². The normalized spacial score (nSPS) is 33.6. The van der Waals surface area contributed by atoms with Gasteiger partial charge in [0.15, 0.2) is 0 Å². The minimum absolute atomic E-state index is 0.0232. The molecular weight excluding hydrogens is 128 g/mol. The topological polar surface area (TPSA) is 26.3 Å². The molecule has 1 saturated heterocycles. The molecule has 0 aromatic heterocycles. The van der Waals surface area contributed by atoms with E-state index in [2.05, 4.69) is 13.8 Å². The van der Waals surface area contributed by atoms with Crippen LogP contribution in [0.4, 0.5) is 0 Å². The van der Waals surface area contributed by atoms with E-state index in [-0.39, 0.29) is 12.1 Å². The van der Waals surface area contributed by atoms with Gasteiger partial charge in [-0.25, -0.2) is 0 Å². The Kier molecular flexibility index (Phi) is 2.30. The Morgan fingerprint density at radius 2 is 2.40 bits per heavy atom. The molecular formula is C8H14O2. The smallest absolute Gasteiger partial charge is 0.306 e. The summed E-state index contributed by atoms with van der Waals surface area (Å²) in [7, 11) is 0. The first kappa shape index (κ1) is 7.58. The molecule has 58 valence electrons. The maximum atomic E-state index is 10.8. The van der Waals surface area contributed by atoms with Gasteiger partial charge in [0.05, 0.1) is 0 Å². The molecule has 0 radical (unpaired) electrons. The van der Waals surface area contributed by atoms with E-state index >= 15 is 0 Å². The van der Waals surface area contributed by atoms with E-state index in [4.69, 9.17) is 4.74 Å². The van der Waals surface area contributed by atoms with Crippen LogP contribution >= 0.6 is 0 Å². The van der Waals surface area contributed by atoms with E-state index in [1.54, 1.807) is 0 Å². The van der Waals surface area contributed by atoms with E-state index in [1.807, 2.05) is 0 Å². The van der Waals surface area contributed by atoms with Crippen LogP contribution < -0.4 is 0 Å². The molecule has 2 nitrogen and oxygen atoms in total. The Morgan fingerprint density at radius 1 is 1.70 bits per heavy atom. The second-order valence-electron chi connectivity index (χ2n) is 2.95. The standard InChI is InChI=1S/C8H14O2/c1-3-7-6(2)4-5-8(9)10-7/h6-7H,3-5H2,1-2H3/t6-,7+/m0/s1. The highest BCUT2D eigenvalue weighted by atomic mass is 16.5. The van der Waals surface area contributed by atoms with Crippen LogP contribution in [-0.4, -0.2) is 12.1 Å². The van der Waals surface area contributed by atoms with Crippen molar-refractivity contribution in [3.05, 3.63) is 0 Å². The van der Waals surface area contributed by atoms with Gasteiger partial charge in [0.2, 0.25) is 0 Å².